The summed E-state index contributed by atoms with van der Waals surface area (Å²) in [6.45, 7) is 0.589. The summed E-state index contributed by atoms with van der Waals surface area (Å²) in [5.41, 5.74) is 1.98. The Morgan fingerprint density at radius 2 is 1.94 bits per heavy atom. The van der Waals surface area contributed by atoms with Crippen LogP contribution in [0.15, 0.2) is 54.7 Å². The Morgan fingerprint density at radius 3 is 2.82 bits per heavy atom. The van der Waals surface area contributed by atoms with Gasteiger partial charge in [0.1, 0.15) is 5.82 Å². The third-order valence-electron chi connectivity index (χ3n) is 2.77. The van der Waals surface area contributed by atoms with E-state index in [9.17, 15) is 4.39 Å². The number of benzene rings is 2. The number of rotatable bonds is 2. The van der Waals surface area contributed by atoms with Gasteiger partial charge in [-0.25, -0.2) is 4.39 Å². The average Bonchev–Trinajstić information content (AvgIpc) is 2.73. The topological polar surface area (TPSA) is 17.8 Å². The van der Waals surface area contributed by atoms with Gasteiger partial charge in [0, 0.05) is 5.39 Å². The van der Waals surface area contributed by atoms with Gasteiger partial charge in [0.05, 0.1) is 18.3 Å². The molecule has 0 spiro atoms. The van der Waals surface area contributed by atoms with E-state index in [0.29, 0.717) is 6.54 Å². The molecule has 0 radical (unpaired) electrons. The van der Waals surface area contributed by atoms with E-state index < -0.39 is 0 Å². The molecule has 0 aliphatic rings. The van der Waals surface area contributed by atoms with Crippen molar-refractivity contribution in [1.29, 1.82) is 0 Å². The van der Waals surface area contributed by atoms with E-state index in [0.717, 1.165) is 16.5 Å². The number of fused-ring (bicyclic) bond motifs is 1. The zero-order chi connectivity index (χ0) is 11.7. The Bertz CT molecular complexity index is 658. The molecule has 2 nitrogen and oxygen atoms in total. The lowest BCUT2D eigenvalue weighted by atomic mass is 10.2. The van der Waals surface area contributed by atoms with E-state index >= 15 is 0 Å². The standard InChI is InChI=1S/C14H11FN2/c15-13-6-3-4-11(8-13)10-17-14-7-2-1-5-12(14)9-16-17/h1-9H,10H2. The summed E-state index contributed by atoms with van der Waals surface area (Å²) in [5.74, 6) is -0.209. The fourth-order valence-electron chi connectivity index (χ4n) is 1.96. The van der Waals surface area contributed by atoms with Crippen LogP contribution in [-0.4, -0.2) is 9.78 Å². The molecule has 84 valence electrons. The lowest BCUT2D eigenvalue weighted by molar-refractivity contribution is 0.621. The second-order valence-corrected chi connectivity index (χ2v) is 3.99. The van der Waals surface area contributed by atoms with Crippen molar-refractivity contribution >= 4 is 10.9 Å². The molecule has 0 aliphatic carbocycles. The van der Waals surface area contributed by atoms with Gasteiger partial charge in [0.25, 0.3) is 0 Å². The highest BCUT2D eigenvalue weighted by Crippen LogP contribution is 2.14. The van der Waals surface area contributed by atoms with E-state index in [1.54, 1.807) is 6.07 Å². The average molecular weight is 226 g/mol. The summed E-state index contributed by atoms with van der Waals surface area (Å²) >= 11 is 0. The first-order valence-corrected chi connectivity index (χ1v) is 5.48. The highest BCUT2D eigenvalue weighted by Gasteiger charge is 2.02. The Balaban J connectivity index is 2.00. The summed E-state index contributed by atoms with van der Waals surface area (Å²) < 4.78 is 15.0. The molecule has 0 N–H and O–H groups in total. The molecule has 3 aromatic rings. The van der Waals surface area contributed by atoms with Crippen LogP contribution >= 0.6 is 0 Å². The van der Waals surface area contributed by atoms with Crippen LogP contribution in [0.1, 0.15) is 5.56 Å². The number of aromatic nitrogens is 2. The quantitative estimate of drug-likeness (QED) is 0.656. The Hall–Kier alpha value is -2.16. The molecule has 0 unspecified atom stereocenters. The molecule has 0 aliphatic heterocycles. The number of hydrogen-bond acceptors (Lipinski definition) is 1. The first-order chi connectivity index (χ1) is 8.33. The van der Waals surface area contributed by atoms with Crippen LogP contribution in [0, 0.1) is 5.82 Å². The fraction of sp³-hybridized carbons (Fsp3) is 0.0714. The Kier molecular flexibility index (Phi) is 2.37. The second-order valence-electron chi connectivity index (χ2n) is 3.99. The van der Waals surface area contributed by atoms with Gasteiger partial charge in [-0.3, -0.25) is 4.68 Å². The lowest BCUT2D eigenvalue weighted by Gasteiger charge is -2.03. The third-order valence-corrected chi connectivity index (χ3v) is 2.77. The summed E-state index contributed by atoms with van der Waals surface area (Å²) in [4.78, 5) is 0. The summed E-state index contributed by atoms with van der Waals surface area (Å²) in [6.07, 6.45) is 1.83. The number of para-hydroxylation sites is 1. The minimum absolute atomic E-state index is 0.209. The molecule has 0 bridgehead atoms. The van der Waals surface area contributed by atoms with Crippen LogP contribution < -0.4 is 0 Å². The molecule has 0 atom stereocenters. The molecule has 17 heavy (non-hydrogen) atoms. The van der Waals surface area contributed by atoms with Gasteiger partial charge in [0.2, 0.25) is 0 Å². The van der Waals surface area contributed by atoms with E-state index in [1.165, 1.54) is 12.1 Å². The Morgan fingerprint density at radius 1 is 1.06 bits per heavy atom. The summed E-state index contributed by atoms with van der Waals surface area (Å²) in [5, 5.41) is 5.42. The van der Waals surface area contributed by atoms with E-state index in [-0.39, 0.29) is 5.82 Å². The highest BCUT2D eigenvalue weighted by atomic mass is 19.1. The van der Waals surface area contributed by atoms with Crippen molar-refractivity contribution in [3.63, 3.8) is 0 Å². The van der Waals surface area contributed by atoms with E-state index in [1.807, 2.05) is 41.2 Å². The van der Waals surface area contributed by atoms with Gasteiger partial charge in [-0.05, 0) is 23.8 Å². The molecular formula is C14H11FN2. The van der Waals surface area contributed by atoms with Gasteiger partial charge < -0.3 is 0 Å². The van der Waals surface area contributed by atoms with Crippen LogP contribution in [0.4, 0.5) is 4.39 Å². The zero-order valence-electron chi connectivity index (χ0n) is 9.18. The van der Waals surface area contributed by atoms with Gasteiger partial charge >= 0.3 is 0 Å². The molecule has 2 aromatic carbocycles. The fourth-order valence-corrected chi connectivity index (χ4v) is 1.96. The number of nitrogens with zero attached hydrogens (tertiary/aromatic N) is 2. The van der Waals surface area contributed by atoms with Gasteiger partial charge in [0.15, 0.2) is 0 Å². The first kappa shape index (κ1) is 10.0. The number of halogens is 1. The maximum absolute atomic E-state index is 13.1. The van der Waals surface area contributed by atoms with Crippen LogP contribution in [0.2, 0.25) is 0 Å². The van der Waals surface area contributed by atoms with Crippen molar-refractivity contribution in [2.24, 2.45) is 0 Å². The molecule has 0 saturated heterocycles. The van der Waals surface area contributed by atoms with Crippen LogP contribution in [0.3, 0.4) is 0 Å². The third kappa shape index (κ3) is 1.91. The van der Waals surface area contributed by atoms with Crippen molar-refractivity contribution in [3.05, 3.63) is 66.1 Å². The van der Waals surface area contributed by atoms with E-state index in [2.05, 4.69) is 5.10 Å². The van der Waals surface area contributed by atoms with Crippen LogP contribution in [0.25, 0.3) is 10.9 Å². The molecule has 3 heteroatoms. The SMILES string of the molecule is Fc1cccc(Cn2ncc3ccccc32)c1. The normalized spacial score (nSPS) is 10.9. The largest absolute Gasteiger partial charge is 0.260 e. The molecule has 0 amide bonds. The summed E-state index contributed by atoms with van der Waals surface area (Å²) in [6, 6.07) is 14.6. The predicted octanol–water partition coefficient (Wildman–Crippen LogP) is 3.22. The van der Waals surface area contributed by atoms with Crippen molar-refractivity contribution in [2.45, 2.75) is 6.54 Å². The highest BCUT2D eigenvalue weighted by molar-refractivity contribution is 5.78. The molecule has 0 saturated carbocycles. The number of hydrogen-bond donors (Lipinski definition) is 0. The van der Waals surface area contributed by atoms with Crippen molar-refractivity contribution in [2.75, 3.05) is 0 Å². The first-order valence-electron chi connectivity index (χ1n) is 5.48. The predicted molar refractivity (Wildman–Crippen MR) is 65.2 cm³/mol. The van der Waals surface area contributed by atoms with E-state index in [4.69, 9.17) is 0 Å². The summed E-state index contributed by atoms with van der Waals surface area (Å²) in [7, 11) is 0. The van der Waals surface area contributed by atoms with Crippen molar-refractivity contribution in [1.82, 2.24) is 9.78 Å². The van der Waals surface area contributed by atoms with Crippen molar-refractivity contribution < 1.29 is 4.39 Å². The monoisotopic (exact) mass is 226 g/mol. The van der Waals surface area contributed by atoms with Gasteiger partial charge in [-0.15, -0.1) is 0 Å². The Labute approximate surface area is 98.3 Å². The second kappa shape index (κ2) is 4.01. The lowest BCUT2D eigenvalue weighted by Crippen LogP contribution is -2.01. The van der Waals surface area contributed by atoms with Crippen LogP contribution in [0.5, 0.6) is 0 Å². The molecule has 1 aromatic heterocycles. The molecular weight excluding hydrogens is 215 g/mol. The minimum Gasteiger partial charge on any atom is -0.260 e. The zero-order valence-corrected chi connectivity index (χ0v) is 9.18. The van der Waals surface area contributed by atoms with Gasteiger partial charge in [-0.2, -0.15) is 5.10 Å². The maximum Gasteiger partial charge on any atom is 0.123 e. The van der Waals surface area contributed by atoms with Crippen LogP contribution in [-0.2, 0) is 6.54 Å². The maximum atomic E-state index is 13.1. The molecule has 1 heterocycles. The molecule has 3 rings (SSSR count). The minimum atomic E-state index is -0.209. The van der Waals surface area contributed by atoms with Crippen molar-refractivity contribution in [3.8, 4) is 0 Å². The molecule has 0 fully saturated rings. The smallest absolute Gasteiger partial charge is 0.123 e. The van der Waals surface area contributed by atoms with Gasteiger partial charge in [-0.1, -0.05) is 30.3 Å².